The van der Waals surface area contributed by atoms with Crippen molar-refractivity contribution < 1.29 is 4.79 Å². The molecule has 0 bridgehead atoms. The minimum atomic E-state index is -0.186. The Morgan fingerprint density at radius 2 is 2.32 bits per heavy atom. The molecule has 1 aromatic heterocycles. The normalized spacial score (nSPS) is 10.4. The third-order valence-electron chi connectivity index (χ3n) is 2.69. The Bertz CT molecular complexity index is 554. The van der Waals surface area contributed by atoms with Crippen molar-refractivity contribution in [3.63, 3.8) is 0 Å². The number of nitrogen functional groups attached to an aromatic ring is 1. The van der Waals surface area contributed by atoms with Crippen LogP contribution >= 0.6 is 11.6 Å². The minimum Gasteiger partial charge on any atom is -0.398 e. The van der Waals surface area contributed by atoms with Crippen molar-refractivity contribution in [1.29, 1.82) is 0 Å². The summed E-state index contributed by atoms with van der Waals surface area (Å²) in [5.41, 5.74) is 6.58. The van der Waals surface area contributed by atoms with Gasteiger partial charge in [0.25, 0.3) is 5.91 Å². The summed E-state index contributed by atoms with van der Waals surface area (Å²) in [6, 6.07) is 4.84. The number of aromatic nitrogens is 2. The van der Waals surface area contributed by atoms with Crippen LogP contribution in [-0.4, -0.2) is 22.4 Å². The molecule has 0 atom stereocenters. The van der Waals surface area contributed by atoms with Crippen molar-refractivity contribution in [3.05, 3.63) is 47.0 Å². The van der Waals surface area contributed by atoms with Crippen molar-refractivity contribution in [3.8, 4) is 0 Å². The molecule has 5 nitrogen and oxygen atoms in total. The molecule has 0 aliphatic rings. The first-order valence-corrected chi connectivity index (χ1v) is 6.36. The monoisotopic (exact) mass is 278 g/mol. The molecule has 0 aliphatic carbocycles. The van der Waals surface area contributed by atoms with Crippen LogP contribution in [0.1, 0.15) is 22.6 Å². The predicted octanol–water partition coefficient (Wildman–Crippen LogP) is 2.01. The number of nitrogens with one attached hydrogen (secondary N) is 2. The van der Waals surface area contributed by atoms with Crippen LogP contribution in [0, 0.1) is 0 Å². The van der Waals surface area contributed by atoms with Crippen LogP contribution in [0.3, 0.4) is 0 Å². The quantitative estimate of drug-likeness (QED) is 0.578. The molecule has 0 saturated carbocycles. The number of hydrogen-bond acceptors (Lipinski definition) is 3. The second-order valence-electron chi connectivity index (χ2n) is 4.13. The number of nitrogens with two attached hydrogens (primary N) is 1. The van der Waals surface area contributed by atoms with Crippen LogP contribution in [0.15, 0.2) is 30.6 Å². The molecule has 0 aliphatic heterocycles. The number of anilines is 1. The number of carbonyl (C=O) groups excluding carboxylic acids is 1. The van der Waals surface area contributed by atoms with Crippen LogP contribution in [0.2, 0.25) is 5.02 Å². The van der Waals surface area contributed by atoms with Crippen molar-refractivity contribution in [2.45, 2.75) is 12.8 Å². The smallest absolute Gasteiger partial charge is 0.253 e. The fourth-order valence-corrected chi connectivity index (χ4v) is 1.91. The van der Waals surface area contributed by atoms with Crippen LogP contribution < -0.4 is 11.1 Å². The van der Waals surface area contributed by atoms with Crippen molar-refractivity contribution in [2.24, 2.45) is 0 Å². The van der Waals surface area contributed by atoms with E-state index in [9.17, 15) is 4.79 Å². The van der Waals surface area contributed by atoms with Gasteiger partial charge in [-0.2, -0.15) is 0 Å². The van der Waals surface area contributed by atoms with Crippen molar-refractivity contribution >= 4 is 23.2 Å². The van der Waals surface area contributed by atoms with Gasteiger partial charge in [-0.3, -0.25) is 4.79 Å². The van der Waals surface area contributed by atoms with Crippen LogP contribution in [0.25, 0.3) is 0 Å². The maximum atomic E-state index is 11.9. The average Bonchev–Trinajstić information content (AvgIpc) is 2.87. The molecule has 19 heavy (non-hydrogen) atoms. The van der Waals surface area contributed by atoms with E-state index in [0.29, 0.717) is 22.8 Å². The standard InChI is InChI=1S/C13H15ClN4O/c14-9-3-4-10(11(15)8-9)13(19)18-5-1-2-12-16-6-7-17-12/h3-4,6-8H,1-2,5,15H2,(H,16,17)(H,18,19). The highest BCUT2D eigenvalue weighted by Gasteiger charge is 2.09. The number of H-pyrrole nitrogens is 1. The molecule has 1 aromatic carbocycles. The molecule has 100 valence electrons. The fraction of sp³-hybridized carbons (Fsp3) is 0.231. The highest BCUT2D eigenvalue weighted by Crippen LogP contribution is 2.17. The number of nitrogens with zero attached hydrogens (tertiary/aromatic N) is 1. The Morgan fingerprint density at radius 1 is 1.47 bits per heavy atom. The number of benzene rings is 1. The van der Waals surface area contributed by atoms with E-state index in [1.54, 1.807) is 30.6 Å². The number of halogens is 1. The molecule has 2 aromatic rings. The van der Waals surface area contributed by atoms with Gasteiger partial charge in [-0.25, -0.2) is 4.98 Å². The van der Waals surface area contributed by atoms with Crippen LogP contribution in [-0.2, 0) is 6.42 Å². The van der Waals surface area contributed by atoms with Gasteiger partial charge in [0.1, 0.15) is 5.82 Å². The molecule has 0 fully saturated rings. The first-order valence-electron chi connectivity index (χ1n) is 5.98. The summed E-state index contributed by atoms with van der Waals surface area (Å²) in [4.78, 5) is 19.0. The number of rotatable bonds is 5. The minimum absolute atomic E-state index is 0.186. The predicted molar refractivity (Wildman–Crippen MR) is 75.1 cm³/mol. The van der Waals surface area contributed by atoms with Crippen LogP contribution in [0.4, 0.5) is 5.69 Å². The maximum Gasteiger partial charge on any atom is 0.253 e. The molecular weight excluding hydrogens is 264 g/mol. The lowest BCUT2D eigenvalue weighted by atomic mass is 10.1. The van der Waals surface area contributed by atoms with Gasteiger partial charge >= 0.3 is 0 Å². The van der Waals surface area contributed by atoms with Crippen LogP contribution in [0.5, 0.6) is 0 Å². The fourth-order valence-electron chi connectivity index (χ4n) is 1.73. The molecule has 0 radical (unpaired) electrons. The summed E-state index contributed by atoms with van der Waals surface area (Å²) < 4.78 is 0. The topological polar surface area (TPSA) is 83.8 Å². The van der Waals surface area contributed by atoms with E-state index in [0.717, 1.165) is 18.7 Å². The van der Waals surface area contributed by atoms with E-state index in [-0.39, 0.29) is 5.91 Å². The molecule has 4 N–H and O–H groups in total. The van der Waals surface area contributed by atoms with E-state index in [2.05, 4.69) is 15.3 Å². The molecule has 6 heteroatoms. The van der Waals surface area contributed by atoms with Gasteiger partial charge in [0.05, 0.1) is 5.56 Å². The highest BCUT2D eigenvalue weighted by molar-refractivity contribution is 6.31. The molecule has 0 saturated heterocycles. The molecule has 1 heterocycles. The zero-order valence-corrected chi connectivity index (χ0v) is 11.1. The molecule has 0 unspecified atom stereocenters. The molecule has 2 rings (SSSR count). The number of carbonyl (C=O) groups is 1. The third-order valence-corrected chi connectivity index (χ3v) is 2.92. The van der Waals surface area contributed by atoms with E-state index in [4.69, 9.17) is 17.3 Å². The van der Waals surface area contributed by atoms with Gasteiger partial charge in [0.15, 0.2) is 0 Å². The number of aryl methyl sites for hydroxylation is 1. The van der Waals surface area contributed by atoms with E-state index in [1.165, 1.54) is 0 Å². The highest BCUT2D eigenvalue weighted by atomic mass is 35.5. The first-order chi connectivity index (χ1) is 9.16. The van der Waals surface area contributed by atoms with Crippen molar-refractivity contribution in [2.75, 3.05) is 12.3 Å². The lowest BCUT2D eigenvalue weighted by Gasteiger charge is -2.07. The Morgan fingerprint density at radius 3 is 3.00 bits per heavy atom. The van der Waals surface area contributed by atoms with Gasteiger partial charge in [-0.1, -0.05) is 11.6 Å². The largest absolute Gasteiger partial charge is 0.398 e. The van der Waals surface area contributed by atoms with Gasteiger partial charge in [-0.05, 0) is 24.6 Å². The van der Waals surface area contributed by atoms with Crippen molar-refractivity contribution in [1.82, 2.24) is 15.3 Å². The van der Waals surface area contributed by atoms with E-state index < -0.39 is 0 Å². The van der Waals surface area contributed by atoms with E-state index in [1.807, 2.05) is 0 Å². The number of amides is 1. The Hall–Kier alpha value is -2.01. The molecule has 0 spiro atoms. The Balaban J connectivity index is 1.81. The summed E-state index contributed by atoms with van der Waals surface area (Å²) >= 11 is 5.78. The lowest BCUT2D eigenvalue weighted by Crippen LogP contribution is -2.25. The first kappa shape index (κ1) is 13.4. The summed E-state index contributed by atoms with van der Waals surface area (Å²) in [7, 11) is 0. The lowest BCUT2D eigenvalue weighted by molar-refractivity contribution is 0.0954. The molecular formula is C13H15ClN4O. The summed E-state index contributed by atoms with van der Waals surface area (Å²) in [6.45, 7) is 0.571. The zero-order chi connectivity index (χ0) is 13.7. The van der Waals surface area contributed by atoms with Gasteiger partial charge < -0.3 is 16.0 Å². The SMILES string of the molecule is Nc1cc(Cl)ccc1C(=O)NCCCc1ncc[nH]1. The number of imidazole rings is 1. The summed E-state index contributed by atoms with van der Waals surface area (Å²) in [5.74, 6) is 0.730. The van der Waals surface area contributed by atoms with Gasteiger partial charge in [0, 0.05) is 36.1 Å². The Kier molecular flexibility index (Phi) is 4.41. The number of aromatic amines is 1. The summed E-state index contributed by atoms with van der Waals surface area (Å²) in [5, 5.41) is 3.34. The average molecular weight is 279 g/mol. The van der Waals surface area contributed by atoms with Gasteiger partial charge in [0.2, 0.25) is 0 Å². The second kappa shape index (κ2) is 6.24. The molecule has 1 amide bonds. The van der Waals surface area contributed by atoms with E-state index >= 15 is 0 Å². The summed E-state index contributed by atoms with van der Waals surface area (Å²) in [6.07, 6.45) is 5.10. The second-order valence-corrected chi connectivity index (χ2v) is 4.56. The van der Waals surface area contributed by atoms with Gasteiger partial charge in [-0.15, -0.1) is 0 Å². The number of hydrogen-bond donors (Lipinski definition) is 3. The zero-order valence-electron chi connectivity index (χ0n) is 10.3. The Labute approximate surface area is 116 Å². The third kappa shape index (κ3) is 3.72. The maximum absolute atomic E-state index is 11.9.